The number of rotatable bonds is 5. The fourth-order valence-corrected chi connectivity index (χ4v) is 3.33. The first-order chi connectivity index (χ1) is 13.2. The van der Waals surface area contributed by atoms with Crippen LogP contribution in [-0.2, 0) is 6.18 Å². The van der Waals surface area contributed by atoms with Gasteiger partial charge in [-0.05, 0) is 50.8 Å². The highest BCUT2D eigenvalue weighted by molar-refractivity contribution is 5.55. The number of halogens is 3. The smallest absolute Gasteiger partial charge is 0.423 e. The molecule has 1 aliphatic carbocycles. The van der Waals surface area contributed by atoms with E-state index in [9.17, 15) is 23.3 Å². The molecule has 1 aromatic carbocycles. The molecule has 150 valence electrons. The van der Waals surface area contributed by atoms with E-state index in [4.69, 9.17) is 4.74 Å². The Kier molecular flexibility index (Phi) is 5.71. The van der Waals surface area contributed by atoms with Crippen LogP contribution in [0.5, 0.6) is 5.88 Å². The van der Waals surface area contributed by atoms with Crippen molar-refractivity contribution >= 4 is 11.4 Å². The second-order valence-electron chi connectivity index (χ2n) is 6.84. The van der Waals surface area contributed by atoms with Crippen LogP contribution in [0.15, 0.2) is 36.4 Å². The Morgan fingerprint density at radius 2 is 1.89 bits per heavy atom. The minimum absolute atomic E-state index is 0.00921. The van der Waals surface area contributed by atoms with Gasteiger partial charge in [-0.2, -0.15) is 13.2 Å². The first-order valence-corrected chi connectivity index (χ1v) is 8.95. The van der Waals surface area contributed by atoms with Gasteiger partial charge >= 0.3 is 6.18 Å². The number of alkyl halides is 3. The summed E-state index contributed by atoms with van der Waals surface area (Å²) in [7, 11) is 0. The number of anilines is 1. The molecule has 0 bridgehead atoms. The second-order valence-corrected chi connectivity index (χ2v) is 6.84. The zero-order valence-corrected chi connectivity index (χ0v) is 15.2. The van der Waals surface area contributed by atoms with Crippen molar-refractivity contribution in [1.29, 1.82) is 0 Å². The maximum Gasteiger partial charge on any atom is 0.423 e. The third-order valence-electron chi connectivity index (χ3n) is 4.69. The Labute approximate surface area is 159 Å². The molecule has 0 radical (unpaired) electrons. The molecule has 1 fully saturated rings. The number of ether oxygens (including phenoxy) is 1. The van der Waals surface area contributed by atoms with Gasteiger partial charge in [0.15, 0.2) is 0 Å². The maximum absolute atomic E-state index is 13.1. The van der Waals surface area contributed by atoms with Crippen LogP contribution in [0, 0.1) is 17.0 Å². The first kappa shape index (κ1) is 19.9. The normalized spacial score (nSPS) is 19.9. The Morgan fingerprint density at radius 3 is 2.50 bits per heavy atom. The number of pyridine rings is 1. The zero-order chi connectivity index (χ0) is 20.3. The summed E-state index contributed by atoms with van der Waals surface area (Å²) in [4.78, 5) is 14.1. The molecule has 1 saturated carbocycles. The van der Waals surface area contributed by atoms with Crippen molar-refractivity contribution in [3.63, 3.8) is 0 Å². The van der Waals surface area contributed by atoms with E-state index in [-0.39, 0.29) is 17.8 Å². The van der Waals surface area contributed by atoms with E-state index in [0.717, 1.165) is 43.5 Å². The number of hydrogen-bond acceptors (Lipinski definition) is 5. The van der Waals surface area contributed by atoms with Gasteiger partial charge in [-0.1, -0.05) is 6.07 Å². The molecular weight excluding hydrogens is 375 g/mol. The summed E-state index contributed by atoms with van der Waals surface area (Å²) < 4.78 is 45.2. The molecule has 2 aromatic rings. The van der Waals surface area contributed by atoms with Crippen molar-refractivity contribution in [2.45, 2.75) is 50.9 Å². The van der Waals surface area contributed by atoms with E-state index in [2.05, 4.69) is 10.3 Å². The molecule has 1 heterocycles. The molecule has 1 aliphatic rings. The molecule has 3 rings (SSSR count). The quantitative estimate of drug-likeness (QED) is 0.562. The van der Waals surface area contributed by atoms with Gasteiger partial charge in [0.25, 0.3) is 5.69 Å². The summed E-state index contributed by atoms with van der Waals surface area (Å²) in [6.45, 7) is 1.88. The van der Waals surface area contributed by atoms with Gasteiger partial charge in [-0.25, -0.2) is 4.98 Å². The van der Waals surface area contributed by atoms with Gasteiger partial charge in [0.1, 0.15) is 11.7 Å². The third-order valence-corrected chi connectivity index (χ3v) is 4.69. The van der Waals surface area contributed by atoms with Crippen molar-refractivity contribution in [3.8, 4) is 5.88 Å². The van der Waals surface area contributed by atoms with E-state index in [1.807, 2.05) is 19.1 Å². The summed E-state index contributed by atoms with van der Waals surface area (Å²) in [6.07, 6.45) is -1.86. The van der Waals surface area contributed by atoms with Crippen LogP contribution in [0.4, 0.5) is 24.5 Å². The van der Waals surface area contributed by atoms with Crippen LogP contribution < -0.4 is 10.1 Å². The number of aryl methyl sites for hydroxylation is 1. The van der Waals surface area contributed by atoms with Crippen molar-refractivity contribution in [2.24, 2.45) is 0 Å². The highest BCUT2D eigenvalue weighted by Crippen LogP contribution is 2.38. The van der Waals surface area contributed by atoms with Crippen molar-refractivity contribution in [3.05, 3.63) is 57.8 Å². The lowest BCUT2D eigenvalue weighted by Gasteiger charge is -2.30. The monoisotopic (exact) mass is 395 g/mol. The average Bonchev–Trinajstić information content (AvgIpc) is 2.62. The molecule has 0 aliphatic heterocycles. The summed E-state index contributed by atoms with van der Waals surface area (Å²) in [5, 5.41) is 13.9. The lowest BCUT2D eigenvalue weighted by Crippen LogP contribution is -2.31. The van der Waals surface area contributed by atoms with E-state index in [0.29, 0.717) is 5.88 Å². The number of nitro benzene ring substituents is 1. The Bertz CT molecular complexity index is 850. The van der Waals surface area contributed by atoms with E-state index >= 15 is 0 Å². The van der Waals surface area contributed by atoms with E-state index in [1.165, 1.54) is 6.07 Å². The number of nitrogens with zero attached hydrogens (tertiary/aromatic N) is 2. The van der Waals surface area contributed by atoms with Crippen molar-refractivity contribution in [1.82, 2.24) is 4.98 Å². The fourth-order valence-electron chi connectivity index (χ4n) is 3.33. The van der Waals surface area contributed by atoms with Crippen molar-refractivity contribution in [2.75, 3.05) is 5.32 Å². The van der Waals surface area contributed by atoms with Crippen LogP contribution >= 0.6 is 0 Å². The van der Waals surface area contributed by atoms with E-state index in [1.54, 1.807) is 6.07 Å². The number of aromatic nitrogens is 1. The highest BCUT2D eigenvalue weighted by atomic mass is 19.4. The molecule has 0 spiro atoms. The topological polar surface area (TPSA) is 77.3 Å². The molecule has 9 heteroatoms. The molecule has 0 amide bonds. The van der Waals surface area contributed by atoms with Crippen LogP contribution in [0.3, 0.4) is 0 Å². The second kappa shape index (κ2) is 8.04. The van der Waals surface area contributed by atoms with Crippen LogP contribution in [0.25, 0.3) is 0 Å². The number of benzene rings is 1. The zero-order valence-electron chi connectivity index (χ0n) is 15.2. The van der Waals surface area contributed by atoms with Crippen LogP contribution in [0.2, 0.25) is 0 Å². The predicted molar refractivity (Wildman–Crippen MR) is 97.4 cm³/mol. The van der Waals surface area contributed by atoms with Crippen LogP contribution in [-0.4, -0.2) is 22.1 Å². The Hall–Kier alpha value is -2.84. The third kappa shape index (κ3) is 4.90. The van der Waals surface area contributed by atoms with Gasteiger partial charge in [-0.3, -0.25) is 10.1 Å². The highest BCUT2D eigenvalue weighted by Gasteiger charge is 2.38. The molecule has 1 aromatic heterocycles. The summed E-state index contributed by atoms with van der Waals surface area (Å²) in [6, 6.07) is 8.54. The largest absolute Gasteiger partial charge is 0.474 e. The molecule has 28 heavy (non-hydrogen) atoms. The molecule has 0 saturated heterocycles. The minimum atomic E-state index is -4.79. The minimum Gasteiger partial charge on any atom is -0.474 e. The molecule has 6 nitrogen and oxygen atoms in total. The summed E-state index contributed by atoms with van der Waals surface area (Å²) in [5.74, 6) is 0.571. The average molecular weight is 395 g/mol. The van der Waals surface area contributed by atoms with Gasteiger partial charge < -0.3 is 10.1 Å². The lowest BCUT2D eigenvalue weighted by atomic mass is 9.92. The SMILES string of the molecule is Cc1cccc(OC2CCC(Nc3ccc([N+](=O)[O-])c(C(F)(F)F)c3)CC2)n1. The van der Waals surface area contributed by atoms with Crippen LogP contribution in [0.1, 0.15) is 36.9 Å². The molecule has 0 atom stereocenters. The first-order valence-electron chi connectivity index (χ1n) is 8.95. The van der Waals surface area contributed by atoms with Gasteiger partial charge in [0.05, 0.1) is 4.92 Å². The number of nitrogens with one attached hydrogen (secondary N) is 1. The summed E-state index contributed by atoms with van der Waals surface area (Å²) >= 11 is 0. The summed E-state index contributed by atoms with van der Waals surface area (Å²) in [5.41, 5.74) is -1.10. The molecule has 1 N–H and O–H groups in total. The molecular formula is C19H20F3N3O3. The number of nitro groups is 1. The van der Waals surface area contributed by atoms with Gasteiger partial charge in [-0.15, -0.1) is 0 Å². The van der Waals surface area contributed by atoms with Gasteiger partial charge in [0, 0.05) is 29.6 Å². The molecule has 0 unspecified atom stereocenters. The van der Waals surface area contributed by atoms with Crippen molar-refractivity contribution < 1.29 is 22.8 Å². The Morgan fingerprint density at radius 1 is 1.18 bits per heavy atom. The van der Waals surface area contributed by atoms with Gasteiger partial charge in [0.2, 0.25) is 5.88 Å². The van der Waals surface area contributed by atoms with E-state index < -0.39 is 22.4 Å². The lowest BCUT2D eigenvalue weighted by molar-refractivity contribution is -0.388. The Balaban J connectivity index is 1.61. The standard InChI is InChI=1S/C19H20F3N3O3/c1-12-3-2-4-18(23-12)28-15-8-5-13(6-9-15)24-14-7-10-17(25(26)27)16(11-14)19(20,21)22/h2-4,7,10-11,13,15,24H,5-6,8-9H2,1H3. The fraction of sp³-hybridized carbons (Fsp3) is 0.421. The number of hydrogen-bond donors (Lipinski definition) is 1. The predicted octanol–water partition coefficient (Wildman–Crippen LogP) is 5.12. The maximum atomic E-state index is 13.1.